The van der Waals surface area contributed by atoms with Crippen molar-refractivity contribution in [1.82, 2.24) is 15.5 Å². The van der Waals surface area contributed by atoms with Gasteiger partial charge in [0.15, 0.2) is 0 Å². The van der Waals surface area contributed by atoms with Gasteiger partial charge < -0.3 is 15.5 Å². The Balaban J connectivity index is 0. The molecule has 1 aromatic carbocycles. The van der Waals surface area contributed by atoms with Crippen molar-refractivity contribution in [2.75, 3.05) is 33.7 Å². The number of hydrogen-bond acceptors (Lipinski definition) is 3. The van der Waals surface area contributed by atoms with Gasteiger partial charge in [-0.05, 0) is 45.0 Å². The van der Waals surface area contributed by atoms with Crippen LogP contribution >= 0.6 is 24.8 Å². The summed E-state index contributed by atoms with van der Waals surface area (Å²) in [6.45, 7) is 6.81. The number of amides is 1. The standard InChI is InChI=1S/C18H31N3O.2ClH/c1-15(2)10-11-19-17(14-16-8-6-5-7-9-16)18(22)20-12-13-21(3)4;;/h5-9,15,17,19H,10-14H2,1-4H3,(H,20,22);2*1H/t17-;;/m0../s1. The largest absolute Gasteiger partial charge is 0.353 e. The van der Waals surface area contributed by atoms with Gasteiger partial charge in [0.05, 0.1) is 6.04 Å². The summed E-state index contributed by atoms with van der Waals surface area (Å²) in [5.41, 5.74) is 1.19. The van der Waals surface area contributed by atoms with Gasteiger partial charge in [-0.25, -0.2) is 0 Å². The molecule has 0 aliphatic rings. The van der Waals surface area contributed by atoms with Crippen molar-refractivity contribution in [2.24, 2.45) is 5.92 Å². The maximum absolute atomic E-state index is 12.4. The van der Waals surface area contributed by atoms with E-state index in [4.69, 9.17) is 0 Å². The second-order valence-electron chi connectivity index (χ2n) is 6.47. The van der Waals surface area contributed by atoms with E-state index in [1.807, 2.05) is 32.3 Å². The lowest BCUT2D eigenvalue weighted by Gasteiger charge is -2.20. The SMILES string of the molecule is CC(C)CCN[C@@H](Cc1ccccc1)C(=O)NCCN(C)C.Cl.Cl. The van der Waals surface area contributed by atoms with Crippen molar-refractivity contribution in [3.05, 3.63) is 35.9 Å². The Morgan fingerprint density at radius 1 is 1.08 bits per heavy atom. The van der Waals surface area contributed by atoms with Crippen molar-refractivity contribution in [1.29, 1.82) is 0 Å². The van der Waals surface area contributed by atoms with Crippen molar-refractivity contribution < 1.29 is 4.79 Å². The molecule has 24 heavy (non-hydrogen) atoms. The van der Waals surface area contributed by atoms with Gasteiger partial charge >= 0.3 is 0 Å². The Morgan fingerprint density at radius 3 is 2.25 bits per heavy atom. The molecule has 140 valence electrons. The monoisotopic (exact) mass is 377 g/mol. The fourth-order valence-corrected chi connectivity index (χ4v) is 2.18. The van der Waals surface area contributed by atoms with Crippen molar-refractivity contribution in [3.63, 3.8) is 0 Å². The van der Waals surface area contributed by atoms with Crippen LogP contribution < -0.4 is 10.6 Å². The van der Waals surface area contributed by atoms with Gasteiger partial charge in [-0.2, -0.15) is 0 Å². The lowest BCUT2D eigenvalue weighted by atomic mass is 10.0. The number of nitrogens with one attached hydrogen (secondary N) is 2. The summed E-state index contributed by atoms with van der Waals surface area (Å²) in [5.74, 6) is 0.733. The fourth-order valence-electron chi connectivity index (χ4n) is 2.18. The summed E-state index contributed by atoms with van der Waals surface area (Å²) in [4.78, 5) is 14.5. The first-order chi connectivity index (χ1) is 10.5. The van der Waals surface area contributed by atoms with Crippen LogP contribution in [0.4, 0.5) is 0 Å². The average molecular weight is 378 g/mol. The first kappa shape index (κ1) is 25.4. The maximum atomic E-state index is 12.4. The van der Waals surface area contributed by atoms with E-state index < -0.39 is 0 Å². The molecular weight excluding hydrogens is 345 g/mol. The molecule has 0 bridgehead atoms. The zero-order valence-corrected chi connectivity index (χ0v) is 16.9. The molecule has 1 aromatic rings. The molecule has 4 nitrogen and oxygen atoms in total. The van der Waals surface area contributed by atoms with E-state index in [1.54, 1.807) is 0 Å². The van der Waals surface area contributed by atoms with Crippen LogP contribution in [0.3, 0.4) is 0 Å². The molecule has 2 N–H and O–H groups in total. The molecule has 1 atom stereocenters. The quantitative estimate of drug-likeness (QED) is 0.658. The molecule has 6 heteroatoms. The average Bonchev–Trinajstić information content (AvgIpc) is 2.46. The van der Waals surface area contributed by atoms with Crippen LogP contribution in [-0.2, 0) is 11.2 Å². The molecule has 0 aromatic heterocycles. The summed E-state index contributed by atoms with van der Waals surface area (Å²) < 4.78 is 0. The Morgan fingerprint density at radius 2 is 1.71 bits per heavy atom. The van der Waals surface area contributed by atoms with E-state index in [9.17, 15) is 4.79 Å². The number of carbonyl (C=O) groups excluding carboxylic acids is 1. The Labute approximate surface area is 159 Å². The molecule has 0 aliphatic heterocycles. The number of halogens is 2. The minimum atomic E-state index is -0.164. The molecular formula is C18H33Cl2N3O. The predicted molar refractivity (Wildman–Crippen MR) is 107 cm³/mol. The summed E-state index contributed by atoms with van der Waals surface area (Å²) >= 11 is 0. The van der Waals surface area contributed by atoms with Gasteiger partial charge in [0.1, 0.15) is 0 Å². The predicted octanol–water partition coefficient (Wildman–Crippen LogP) is 2.75. The minimum Gasteiger partial charge on any atom is -0.353 e. The third-order valence-electron chi connectivity index (χ3n) is 3.57. The fraction of sp³-hybridized carbons (Fsp3) is 0.611. The smallest absolute Gasteiger partial charge is 0.237 e. The highest BCUT2D eigenvalue weighted by Gasteiger charge is 2.18. The number of benzene rings is 1. The van der Waals surface area contributed by atoms with Gasteiger partial charge in [-0.1, -0.05) is 44.2 Å². The van der Waals surface area contributed by atoms with Crippen LogP contribution in [0.5, 0.6) is 0 Å². The summed E-state index contributed by atoms with van der Waals surface area (Å²) in [6, 6.07) is 10.0. The molecule has 1 rings (SSSR count). The molecule has 0 aliphatic carbocycles. The zero-order chi connectivity index (χ0) is 16.4. The number of hydrogen-bond donors (Lipinski definition) is 2. The highest BCUT2D eigenvalue weighted by atomic mass is 35.5. The van der Waals surface area contributed by atoms with E-state index >= 15 is 0 Å². The normalized spacial score (nSPS) is 11.6. The van der Waals surface area contributed by atoms with E-state index in [1.165, 1.54) is 5.56 Å². The number of carbonyl (C=O) groups is 1. The topological polar surface area (TPSA) is 44.4 Å². The maximum Gasteiger partial charge on any atom is 0.237 e. The minimum absolute atomic E-state index is 0. The number of likely N-dealkylation sites (N-methyl/N-ethyl adjacent to an activating group) is 1. The molecule has 0 fully saturated rings. The van der Waals surface area contributed by atoms with E-state index in [0.717, 1.165) is 25.9 Å². The zero-order valence-electron chi connectivity index (χ0n) is 15.2. The molecule has 0 unspecified atom stereocenters. The van der Waals surface area contributed by atoms with E-state index in [2.05, 4.69) is 41.5 Å². The Bertz CT molecular complexity index is 428. The number of rotatable bonds is 10. The molecule has 0 saturated carbocycles. The van der Waals surface area contributed by atoms with Crippen LogP contribution in [0, 0.1) is 5.92 Å². The van der Waals surface area contributed by atoms with Crippen LogP contribution in [0.2, 0.25) is 0 Å². The van der Waals surface area contributed by atoms with Crippen LogP contribution in [-0.4, -0.2) is 50.6 Å². The van der Waals surface area contributed by atoms with Gasteiger partial charge in [-0.15, -0.1) is 24.8 Å². The highest BCUT2D eigenvalue weighted by molar-refractivity contribution is 5.85. The van der Waals surface area contributed by atoms with Crippen LogP contribution in [0.25, 0.3) is 0 Å². The van der Waals surface area contributed by atoms with Gasteiger partial charge in [0.25, 0.3) is 0 Å². The number of nitrogens with zero attached hydrogens (tertiary/aromatic N) is 1. The van der Waals surface area contributed by atoms with E-state index in [0.29, 0.717) is 12.5 Å². The Kier molecular flexibility index (Phi) is 15.4. The lowest BCUT2D eigenvalue weighted by Crippen LogP contribution is -2.47. The molecule has 0 saturated heterocycles. The molecule has 1 amide bonds. The van der Waals surface area contributed by atoms with Crippen LogP contribution in [0.1, 0.15) is 25.8 Å². The second kappa shape index (κ2) is 14.5. The van der Waals surface area contributed by atoms with Crippen molar-refractivity contribution in [2.45, 2.75) is 32.7 Å². The van der Waals surface area contributed by atoms with Crippen molar-refractivity contribution >= 4 is 30.7 Å². The second-order valence-corrected chi connectivity index (χ2v) is 6.47. The van der Waals surface area contributed by atoms with Crippen molar-refractivity contribution in [3.8, 4) is 0 Å². The first-order valence-corrected chi connectivity index (χ1v) is 8.18. The van der Waals surface area contributed by atoms with E-state index in [-0.39, 0.29) is 36.8 Å². The molecule has 0 radical (unpaired) electrons. The summed E-state index contributed by atoms with van der Waals surface area (Å²) in [7, 11) is 4.02. The Hall–Kier alpha value is -0.810. The van der Waals surface area contributed by atoms with Gasteiger partial charge in [0, 0.05) is 13.1 Å². The molecule has 0 heterocycles. The molecule has 0 spiro atoms. The summed E-state index contributed by atoms with van der Waals surface area (Å²) in [6.07, 6.45) is 1.81. The van der Waals surface area contributed by atoms with Gasteiger partial charge in [0.2, 0.25) is 5.91 Å². The summed E-state index contributed by atoms with van der Waals surface area (Å²) in [5, 5.41) is 6.44. The lowest BCUT2D eigenvalue weighted by molar-refractivity contribution is -0.123. The first-order valence-electron chi connectivity index (χ1n) is 8.18. The van der Waals surface area contributed by atoms with Gasteiger partial charge in [-0.3, -0.25) is 4.79 Å². The third kappa shape index (κ3) is 11.7. The third-order valence-corrected chi connectivity index (χ3v) is 3.57. The van der Waals surface area contributed by atoms with Crippen LogP contribution in [0.15, 0.2) is 30.3 Å². The highest BCUT2D eigenvalue weighted by Crippen LogP contribution is 2.05.